The maximum absolute atomic E-state index is 10.9. The molecule has 13 heavy (non-hydrogen) atoms. The minimum Gasteiger partial charge on any atom is -0.374 e. The minimum absolute atomic E-state index is 0.330. The van der Waals surface area contributed by atoms with E-state index in [1.54, 1.807) is 0 Å². The zero-order valence-corrected chi connectivity index (χ0v) is 9.30. The summed E-state index contributed by atoms with van der Waals surface area (Å²) >= 11 is -2.16. The van der Waals surface area contributed by atoms with Crippen LogP contribution in [0.4, 0.5) is 0 Å². The summed E-state index contributed by atoms with van der Waals surface area (Å²) in [5.74, 6) is 0. The third-order valence-corrected chi connectivity index (χ3v) is 2.97. The van der Waals surface area contributed by atoms with E-state index in [1.165, 1.54) is 0 Å². The second kappa shape index (κ2) is 5.70. The molecule has 0 aromatic rings. The summed E-state index contributed by atoms with van der Waals surface area (Å²) in [4.78, 5) is 0.451. The summed E-state index contributed by atoms with van der Waals surface area (Å²) in [6.45, 7) is 2.50. The highest BCUT2D eigenvalue weighted by atomic mass is 32.2. The lowest BCUT2D eigenvalue weighted by molar-refractivity contribution is 0.0934. The molecule has 4 nitrogen and oxygen atoms in total. The standard InChI is InChI=1S/C8H19NO3S/c1-4-5-8(10,13(11)12)6-7-9(2)3/h10H,4-7H2,1-3H3,(H,11,12). The van der Waals surface area contributed by atoms with E-state index in [0.717, 1.165) is 0 Å². The van der Waals surface area contributed by atoms with Crippen molar-refractivity contribution in [2.75, 3.05) is 20.6 Å². The molecule has 0 aliphatic rings. The first-order chi connectivity index (χ1) is 5.92. The van der Waals surface area contributed by atoms with Gasteiger partial charge in [-0.3, -0.25) is 0 Å². The maximum Gasteiger partial charge on any atom is 0.185 e. The highest BCUT2D eigenvalue weighted by Gasteiger charge is 2.32. The zero-order chi connectivity index (χ0) is 10.5. The average molecular weight is 209 g/mol. The van der Waals surface area contributed by atoms with Crippen LogP contribution in [-0.4, -0.2) is 44.3 Å². The summed E-state index contributed by atoms with van der Waals surface area (Å²) in [5, 5.41) is 9.76. The summed E-state index contributed by atoms with van der Waals surface area (Å²) in [5.41, 5.74) is 0. The average Bonchev–Trinajstić information content (AvgIpc) is 2.01. The Morgan fingerprint density at radius 2 is 1.92 bits per heavy atom. The van der Waals surface area contributed by atoms with Crippen LogP contribution in [0.1, 0.15) is 26.2 Å². The largest absolute Gasteiger partial charge is 0.374 e. The molecule has 0 aromatic carbocycles. The SMILES string of the molecule is CCCC(O)(CCN(C)C)S(=O)O. The van der Waals surface area contributed by atoms with Crippen molar-refractivity contribution in [2.24, 2.45) is 0 Å². The predicted octanol–water partition coefficient (Wildman–Crippen LogP) is 0.649. The molecule has 0 fully saturated rings. The summed E-state index contributed by atoms with van der Waals surface area (Å²) < 4.78 is 19.8. The fraction of sp³-hybridized carbons (Fsp3) is 1.00. The lowest BCUT2D eigenvalue weighted by atomic mass is 10.1. The van der Waals surface area contributed by atoms with E-state index in [-0.39, 0.29) is 0 Å². The first kappa shape index (κ1) is 13.0. The van der Waals surface area contributed by atoms with Crippen molar-refractivity contribution < 1.29 is 13.9 Å². The topological polar surface area (TPSA) is 60.8 Å². The molecule has 0 saturated heterocycles. The number of aliphatic hydroxyl groups is 1. The lowest BCUT2D eigenvalue weighted by Gasteiger charge is -2.25. The van der Waals surface area contributed by atoms with E-state index in [9.17, 15) is 9.32 Å². The zero-order valence-electron chi connectivity index (χ0n) is 8.49. The van der Waals surface area contributed by atoms with E-state index < -0.39 is 16.0 Å². The van der Waals surface area contributed by atoms with Crippen LogP contribution in [0.3, 0.4) is 0 Å². The van der Waals surface area contributed by atoms with E-state index >= 15 is 0 Å². The van der Waals surface area contributed by atoms with Crippen LogP contribution >= 0.6 is 0 Å². The van der Waals surface area contributed by atoms with E-state index in [4.69, 9.17) is 4.55 Å². The van der Waals surface area contributed by atoms with Crippen molar-refractivity contribution in [3.05, 3.63) is 0 Å². The van der Waals surface area contributed by atoms with Gasteiger partial charge in [0.15, 0.2) is 16.0 Å². The van der Waals surface area contributed by atoms with Crippen LogP contribution in [0, 0.1) is 0 Å². The van der Waals surface area contributed by atoms with E-state index in [0.29, 0.717) is 25.8 Å². The minimum atomic E-state index is -2.16. The van der Waals surface area contributed by atoms with Crippen LogP contribution in [0.5, 0.6) is 0 Å². The molecule has 5 heteroatoms. The maximum atomic E-state index is 10.9. The Morgan fingerprint density at radius 3 is 2.23 bits per heavy atom. The number of nitrogens with zero attached hydrogens (tertiary/aromatic N) is 1. The molecule has 2 unspecified atom stereocenters. The molecule has 80 valence electrons. The first-order valence-corrected chi connectivity index (χ1v) is 5.51. The molecule has 0 rings (SSSR count). The fourth-order valence-corrected chi connectivity index (χ4v) is 1.73. The monoisotopic (exact) mass is 209 g/mol. The third-order valence-electron chi connectivity index (χ3n) is 1.92. The van der Waals surface area contributed by atoms with Crippen molar-refractivity contribution >= 4 is 11.1 Å². The molecule has 2 atom stereocenters. The molecule has 0 bridgehead atoms. The molecule has 0 amide bonds. The van der Waals surface area contributed by atoms with Gasteiger partial charge in [0, 0.05) is 13.0 Å². The van der Waals surface area contributed by atoms with Gasteiger partial charge in [0.05, 0.1) is 0 Å². The van der Waals surface area contributed by atoms with E-state index in [2.05, 4.69) is 0 Å². The van der Waals surface area contributed by atoms with Gasteiger partial charge >= 0.3 is 0 Å². The summed E-state index contributed by atoms with van der Waals surface area (Å²) in [6, 6.07) is 0. The molecular weight excluding hydrogens is 190 g/mol. The van der Waals surface area contributed by atoms with Crippen molar-refractivity contribution in [1.29, 1.82) is 0 Å². The Balaban J connectivity index is 4.16. The molecule has 0 heterocycles. The summed E-state index contributed by atoms with van der Waals surface area (Å²) in [6.07, 6.45) is 1.40. The van der Waals surface area contributed by atoms with Crippen LogP contribution < -0.4 is 0 Å². The molecule has 0 spiro atoms. The van der Waals surface area contributed by atoms with Gasteiger partial charge in [0.1, 0.15) is 0 Å². The number of hydrogen-bond acceptors (Lipinski definition) is 3. The first-order valence-electron chi connectivity index (χ1n) is 4.40. The van der Waals surface area contributed by atoms with Crippen molar-refractivity contribution in [3.8, 4) is 0 Å². The van der Waals surface area contributed by atoms with Gasteiger partial charge in [0.25, 0.3) is 0 Å². The second-order valence-electron chi connectivity index (χ2n) is 3.50. The highest BCUT2D eigenvalue weighted by Crippen LogP contribution is 2.20. The second-order valence-corrected chi connectivity index (χ2v) is 4.76. The van der Waals surface area contributed by atoms with Gasteiger partial charge in [-0.25, -0.2) is 4.21 Å². The molecule has 0 aromatic heterocycles. The fourth-order valence-electron chi connectivity index (χ4n) is 1.09. The van der Waals surface area contributed by atoms with Gasteiger partial charge in [-0.2, -0.15) is 0 Å². The number of hydrogen-bond donors (Lipinski definition) is 2. The van der Waals surface area contributed by atoms with Crippen molar-refractivity contribution in [1.82, 2.24) is 4.90 Å². The van der Waals surface area contributed by atoms with Gasteiger partial charge in [-0.05, 0) is 20.5 Å². The van der Waals surface area contributed by atoms with Crippen molar-refractivity contribution in [2.45, 2.75) is 31.1 Å². The molecule has 0 saturated carbocycles. The number of rotatable bonds is 6. The Hall–Kier alpha value is 0.0300. The van der Waals surface area contributed by atoms with Gasteiger partial charge in [-0.15, -0.1) is 0 Å². The van der Waals surface area contributed by atoms with Crippen LogP contribution in [0.15, 0.2) is 0 Å². The van der Waals surface area contributed by atoms with Gasteiger partial charge in [-0.1, -0.05) is 13.3 Å². The highest BCUT2D eigenvalue weighted by molar-refractivity contribution is 7.80. The van der Waals surface area contributed by atoms with Gasteiger partial charge < -0.3 is 14.6 Å². The Kier molecular flexibility index (Phi) is 5.71. The molecule has 0 radical (unpaired) electrons. The van der Waals surface area contributed by atoms with Crippen LogP contribution in [-0.2, 0) is 11.1 Å². The smallest absolute Gasteiger partial charge is 0.185 e. The van der Waals surface area contributed by atoms with E-state index in [1.807, 2.05) is 25.9 Å². The Labute approximate surface area is 82.2 Å². The van der Waals surface area contributed by atoms with Crippen LogP contribution in [0.25, 0.3) is 0 Å². The summed E-state index contributed by atoms with van der Waals surface area (Å²) in [7, 11) is 3.74. The molecule has 0 aliphatic carbocycles. The Morgan fingerprint density at radius 1 is 1.38 bits per heavy atom. The molecule has 2 N–H and O–H groups in total. The lowest BCUT2D eigenvalue weighted by Crippen LogP contribution is -2.37. The normalized spacial score (nSPS) is 18.6. The molecule has 0 aliphatic heterocycles. The Bertz CT molecular complexity index is 175. The molecular formula is C8H19NO3S. The predicted molar refractivity (Wildman–Crippen MR) is 53.8 cm³/mol. The van der Waals surface area contributed by atoms with Gasteiger partial charge in [0.2, 0.25) is 0 Å². The third kappa shape index (κ3) is 4.71. The van der Waals surface area contributed by atoms with Crippen LogP contribution in [0.2, 0.25) is 0 Å². The van der Waals surface area contributed by atoms with Crippen molar-refractivity contribution in [3.63, 3.8) is 0 Å². The quantitative estimate of drug-likeness (QED) is 0.631.